The summed E-state index contributed by atoms with van der Waals surface area (Å²) in [5.41, 5.74) is 3.49. The first-order valence-electron chi connectivity index (χ1n) is 12.0. The van der Waals surface area contributed by atoms with Crippen LogP contribution in [-0.2, 0) is 9.59 Å². The highest BCUT2D eigenvalue weighted by molar-refractivity contribution is 6.09. The van der Waals surface area contributed by atoms with Crippen LogP contribution in [0.4, 0.5) is 0 Å². The second-order valence-corrected chi connectivity index (χ2v) is 8.76. The van der Waals surface area contributed by atoms with E-state index in [4.69, 9.17) is 10.2 Å². The number of carbonyl (C=O) groups excluding carboxylic acids is 2. The molecule has 0 saturated heterocycles. The van der Waals surface area contributed by atoms with Gasteiger partial charge in [0.05, 0.1) is 11.8 Å². The minimum absolute atomic E-state index is 0.0972. The molecule has 0 fully saturated rings. The number of carboxylic acid groups (broad SMARTS) is 2. The van der Waals surface area contributed by atoms with Crippen molar-refractivity contribution in [2.45, 2.75) is 25.7 Å². The lowest BCUT2D eigenvalue weighted by Crippen LogP contribution is -2.09. The number of hydrogen-bond donors (Lipinski definition) is 2. The fourth-order valence-corrected chi connectivity index (χ4v) is 3.70. The highest BCUT2D eigenvalue weighted by Gasteiger charge is 2.17. The topological polar surface area (TPSA) is 109 Å². The zero-order valence-electron chi connectivity index (χ0n) is 21.1. The van der Waals surface area contributed by atoms with E-state index in [-0.39, 0.29) is 11.6 Å². The van der Waals surface area contributed by atoms with Gasteiger partial charge in [-0.25, -0.2) is 0 Å². The molecule has 4 aromatic rings. The molecule has 4 aromatic carbocycles. The average Bonchev–Trinajstić information content (AvgIpc) is 2.96. The summed E-state index contributed by atoms with van der Waals surface area (Å²) in [5.74, 6) is -3.24. The SMILES string of the molecule is CC(C(=O)O)c1cccc(C(=O)c2ccccc2)c1.C[C@H](C(=O)O)c1cccc(C(=O)c2ccccc2)c1. The van der Waals surface area contributed by atoms with Gasteiger partial charge in [-0.2, -0.15) is 0 Å². The lowest BCUT2D eigenvalue weighted by atomic mass is 9.96. The molecule has 6 heteroatoms. The summed E-state index contributed by atoms with van der Waals surface area (Å²) in [6.07, 6.45) is 0. The van der Waals surface area contributed by atoms with E-state index in [0.717, 1.165) is 0 Å². The summed E-state index contributed by atoms with van der Waals surface area (Å²) in [7, 11) is 0. The van der Waals surface area contributed by atoms with Crippen molar-refractivity contribution in [2.24, 2.45) is 0 Å². The van der Waals surface area contributed by atoms with Crippen LogP contribution in [0.15, 0.2) is 109 Å². The van der Waals surface area contributed by atoms with Crippen LogP contribution >= 0.6 is 0 Å². The van der Waals surface area contributed by atoms with Crippen LogP contribution in [0.3, 0.4) is 0 Å². The van der Waals surface area contributed by atoms with Gasteiger partial charge in [0.15, 0.2) is 11.6 Å². The van der Waals surface area contributed by atoms with Crippen LogP contribution in [0.2, 0.25) is 0 Å². The molecule has 6 nitrogen and oxygen atoms in total. The first-order chi connectivity index (χ1) is 18.2. The van der Waals surface area contributed by atoms with Gasteiger partial charge in [0.25, 0.3) is 0 Å². The van der Waals surface area contributed by atoms with E-state index in [1.54, 1.807) is 111 Å². The molecule has 4 rings (SSSR count). The van der Waals surface area contributed by atoms with E-state index in [0.29, 0.717) is 33.4 Å². The van der Waals surface area contributed by atoms with Gasteiger partial charge in [0.1, 0.15) is 0 Å². The van der Waals surface area contributed by atoms with Crippen molar-refractivity contribution in [2.75, 3.05) is 0 Å². The van der Waals surface area contributed by atoms with E-state index in [2.05, 4.69) is 0 Å². The lowest BCUT2D eigenvalue weighted by Gasteiger charge is -2.08. The van der Waals surface area contributed by atoms with Crippen molar-refractivity contribution in [3.63, 3.8) is 0 Å². The van der Waals surface area contributed by atoms with E-state index >= 15 is 0 Å². The molecular formula is C32H28O6. The number of carboxylic acids is 2. The van der Waals surface area contributed by atoms with Crippen molar-refractivity contribution in [3.05, 3.63) is 143 Å². The Morgan fingerprint density at radius 3 is 1.11 bits per heavy atom. The molecule has 0 aromatic heterocycles. The Bertz CT molecular complexity index is 1320. The van der Waals surface area contributed by atoms with E-state index in [1.165, 1.54) is 0 Å². The van der Waals surface area contributed by atoms with Gasteiger partial charge in [0.2, 0.25) is 0 Å². The van der Waals surface area contributed by atoms with Gasteiger partial charge in [-0.3, -0.25) is 19.2 Å². The Morgan fingerprint density at radius 2 is 0.789 bits per heavy atom. The van der Waals surface area contributed by atoms with Gasteiger partial charge < -0.3 is 10.2 Å². The molecule has 0 radical (unpaired) electrons. The zero-order valence-corrected chi connectivity index (χ0v) is 21.1. The van der Waals surface area contributed by atoms with E-state index in [9.17, 15) is 19.2 Å². The second kappa shape index (κ2) is 12.9. The summed E-state index contributed by atoms with van der Waals surface area (Å²) in [5, 5.41) is 18.0. The molecule has 0 aliphatic carbocycles. The third-order valence-corrected chi connectivity index (χ3v) is 6.11. The molecule has 0 heterocycles. The maximum atomic E-state index is 12.2. The monoisotopic (exact) mass is 508 g/mol. The predicted octanol–water partition coefficient (Wildman–Crippen LogP) is 6.21. The highest BCUT2D eigenvalue weighted by Crippen LogP contribution is 2.20. The first kappa shape index (κ1) is 27.7. The number of carbonyl (C=O) groups is 4. The first-order valence-corrected chi connectivity index (χ1v) is 12.0. The van der Waals surface area contributed by atoms with Crippen LogP contribution in [0.25, 0.3) is 0 Å². The fraction of sp³-hybridized carbons (Fsp3) is 0.125. The number of aliphatic carboxylic acids is 2. The molecule has 2 atom stereocenters. The molecule has 0 aliphatic rings. The van der Waals surface area contributed by atoms with Crippen molar-refractivity contribution >= 4 is 23.5 Å². The predicted molar refractivity (Wildman–Crippen MR) is 145 cm³/mol. The minimum Gasteiger partial charge on any atom is -0.481 e. The number of rotatable bonds is 8. The Hall–Kier alpha value is -4.84. The van der Waals surface area contributed by atoms with Crippen molar-refractivity contribution in [1.29, 1.82) is 0 Å². The highest BCUT2D eigenvalue weighted by atomic mass is 16.4. The molecule has 0 spiro atoms. The van der Waals surface area contributed by atoms with Gasteiger partial charge in [-0.1, -0.05) is 97.1 Å². The summed E-state index contributed by atoms with van der Waals surface area (Å²) in [6, 6.07) is 31.5. The third-order valence-electron chi connectivity index (χ3n) is 6.11. The number of benzene rings is 4. The number of hydrogen-bond acceptors (Lipinski definition) is 4. The smallest absolute Gasteiger partial charge is 0.310 e. The summed E-state index contributed by atoms with van der Waals surface area (Å²) in [4.78, 5) is 46.4. The molecule has 38 heavy (non-hydrogen) atoms. The van der Waals surface area contributed by atoms with Crippen molar-refractivity contribution in [1.82, 2.24) is 0 Å². The Morgan fingerprint density at radius 1 is 0.474 bits per heavy atom. The molecule has 0 amide bonds. The Kier molecular flexibility index (Phi) is 9.43. The third kappa shape index (κ3) is 7.11. The molecule has 0 aliphatic heterocycles. The van der Waals surface area contributed by atoms with Crippen molar-refractivity contribution in [3.8, 4) is 0 Å². The van der Waals surface area contributed by atoms with Crippen LogP contribution < -0.4 is 0 Å². The normalized spacial score (nSPS) is 11.8. The lowest BCUT2D eigenvalue weighted by molar-refractivity contribution is -0.139. The summed E-state index contributed by atoms with van der Waals surface area (Å²) >= 11 is 0. The maximum absolute atomic E-state index is 12.2. The Balaban J connectivity index is 0.000000211. The number of ketones is 2. The van der Waals surface area contributed by atoms with Gasteiger partial charge in [0, 0.05) is 22.3 Å². The standard InChI is InChI=1S/2C16H14O3/c2*1-11(16(18)19)13-8-5-9-14(10-13)15(17)12-6-3-2-4-7-12/h2*2-11H,1H3,(H,18,19)/t11-;/m0./s1. The molecule has 1 unspecified atom stereocenters. The Labute approximate surface area is 221 Å². The largest absolute Gasteiger partial charge is 0.481 e. The quantitative estimate of drug-likeness (QED) is 0.274. The van der Waals surface area contributed by atoms with Crippen LogP contribution in [0, 0.1) is 0 Å². The summed E-state index contributed by atoms with van der Waals surface area (Å²) in [6.45, 7) is 3.21. The van der Waals surface area contributed by atoms with E-state index in [1.807, 2.05) is 12.1 Å². The van der Waals surface area contributed by atoms with Crippen LogP contribution in [-0.4, -0.2) is 33.7 Å². The van der Waals surface area contributed by atoms with Gasteiger partial charge in [-0.05, 0) is 37.1 Å². The molecule has 0 bridgehead atoms. The molecule has 192 valence electrons. The van der Waals surface area contributed by atoms with Crippen LogP contribution in [0.1, 0.15) is 68.7 Å². The maximum Gasteiger partial charge on any atom is 0.310 e. The summed E-state index contributed by atoms with van der Waals surface area (Å²) < 4.78 is 0. The van der Waals surface area contributed by atoms with Crippen molar-refractivity contribution < 1.29 is 29.4 Å². The van der Waals surface area contributed by atoms with E-state index < -0.39 is 23.8 Å². The minimum atomic E-state index is -0.899. The zero-order chi connectivity index (χ0) is 27.7. The van der Waals surface area contributed by atoms with Crippen LogP contribution in [0.5, 0.6) is 0 Å². The van der Waals surface area contributed by atoms with Gasteiger partial charge >= 0.3 is 11.9 Å². The molecule has 2 N–H and O–H groups in total. The van der Waals surface area contributed by atoms with Gasteiger partial charge in [-0.15, -0.1) is 0 Å². The molecule has 0 saturated carbocycles. The molecular weight excluding hydrogens is 480 g/mol. The average molecular weight is 509 g/mol. The second-order valence-electron chi connectivity index (χ2n) is 8.76. The fourth-order valence-electron chi connectivity index (χ4n) is 3.70.